The highest BCUT2D eigenvalue weighted by Gasteiger charge is 2.54. The summed E-state index contributed by atoms with van der Waals surface area (Å²) in [5.74, 6) is -4.47. The lowest BCUT2D eigenvalue weighted by Gasteiger charge is -2.49. The maximum Gasteiger partial charge on any atom is 0.311 e. The summed E-state index contributed by atoms with van der Waals surface area (Å²) in [5, 5.41) is 48.4. The molecule has 0 aromatic heterocycles. The van der Waals surface area contributed by atoms with Crippen LogP contribution in [0.5, 0.6) is 0 Å². The first-order valence-corrected chi connectivity index (χ1v) is 18.5. The van der Waals surface area contributed by atoms with Crippen molar-refractivity contribution in [3.63, 3.8) is 0 Å². The molecule has 0 aromatic carbocycles. The second kappa shape index (κ2) is 17.4. The van der Waals surface area contributed by atoms with Crippen molar-refractivity contribution in [2.24, 2.45) is 23.7 Å². The fourth-order valence-corrected chi connectivity index (χ4v) is 8.38. The van der Waals surface area contributed by atoms with E-state index in [0.717, 1.165) is 0 Å². The van der Waals surface area contributed by atoms with Crippen LogP contribution in [-0.2, 0) is 42.7 Å². The number of aliphatic hydroxyl groups excluding tert-OH is 3. The number of hydrogen-bond donors (Lipinski definition) is 5. The Balaban J connectivity index is 2.21. The average Bonchev–Trinajstić information content (AvgIpc) is 3.09. The number of esters is 1. The van der Waals surface area contributed by atoms with Gasteiger partial charge in [-0.25, -0.2) is 0 Å². The van der Waals surface area contributed by atoms with Gasteiger partial charge in [0.2, 0.25) is 0 Å². The van der Waals surface area contributed by atoms with Crippen molar-refractivity contribution in [1.29, 1.82) is 0 Å². The molecule has 3 aliphatic heterocycles. The molecule has 3 aliphatic rings. The first-order valence-electron chi connectivity index (χ1n) is 18.5. The first kappa shape index (κ1) is 44.1. The summed E-state index contributed by atoms with van der Waals surface area (Å²) in [6.45, 7) is 17.0. The van der Waals surface area contributed by atoms with E-state index >= 15 is 0 Å². The Labute approximate surface area is 304 Å². The smallest absolute Gasteiger partial charge is 0.311 e. The fraction of sp³-hybridized carbons (Fsp3) is 0.946. The Hall–Kier alpha value is -1.30. The van der Waals surface area contributed by atoms with Crippen LogP contribution < -0.4 is 5.32 Å². The summed E-state index contributed by atoms with van der Waals surface area (Å²) in [4.78, 5) is 28.1. The van der Waals surface area contributed by atoms with Crippen LogP contribution in [0.25, 0.3) is 0 Å². The number of carbonyl (C=O) groups excluding carboxylic acids is 2. The van der Waals surface area contributed by atoms with Crippen LogP contribution >= 0.6 is 0 Å². The molecule has 0 radical (unpaired) electrons. The second-order valence-corrected chi connectivity index (χ2v) is 16.0. The third-order valence-electron chi connectivity index (χ3n) is 12.0. The number of aliphatic hydroxyl groups is 4. The summed E-state index contributed by atoms with van der Waals surface area (Å²) >= 11 is 0. The number of carbonyl (C=O) groups is 2. The molecule has 0 aromatic rings. The van der Waals surface area contributed by atoms with Crippen LogP contribution in [0.15, 0.2) is 0 Å². The average molecular weight is 734 g/mol. The van der Waals surface area contributed by atoms with Gasteiger partial charge in [0.15, 0.2) is 12.6 Å². The minimum Gasteiger partial charge on any atom is -0.459 e. The van der Waals surface area contributed by atoms with E-state index in [-0.39, 0.29) is 37.2 Å². The Morgan fingerprint density at radius 1 is 0.863 bits per heavy atom. The monoisotopic (exact) mass is 733 g/mol. The highest BCUT2D eigenvalue weighted by Crippen LogP contribution is 2.41. The van der Waals surface area contributed by atoms with E-state index in [4.69, 9.17) is 33.2 Å². The van der Waals surface area contributed by atoms with Gasteiger partial charge in [-0.15, -0.1) is 0 Å². The number of nitrogens with one attached hydrogen (secondary N) is 1. The van der Waals surface area contributed by atoms with E-state index in [2.05, 4.69) is 5.32 Å². The first-order chi connectivity index (χ1) is 23.6. The van der Waals surface area contributed by atoms with Crippen LogP contribution in [0.4, 0.5) is 0 Å². The highest BCUT2D eigenvalue weighted by molar-refractivity contribution is 5.83. The van der Waals surface area contributed by atoms with Crippen LogP contribution in [0.2, 0.25) is 0 Å². The van der Waals surface area contributed by atoms with Gasteiger partial charge >= 0.3 is 5.97 Å². The van der Waals surface area contributed by atoms with Gasteiger partial charge in [-0.2, -0.15) is 0 Å². The van der Waals surface area contributed by atoms with E-state index in [1.807, 2.05) is 13.8 Å². The quantitative estimate of drug-likeness (QED) is 0.228. The molecule has 14 nitrogen and oxygen atoms in total. The van der Waals surface area contributed by atoms with Crippen molar-refractivity contribution < 1.29 is 63.2 Å². The van der Waals surface area contributed by atoms with Gasteiger partial charge in [0.25, 0.3) is 0 Å². The van der Waals surface area contributed by atoms with Crippen molar-refractivity contribution in [1.82, 2.24) is 5.32 Å². The van der Waals surface area contributed by atoms with Gasteiger partial charge in [-0.3, -0.25) is 9.59 Å². The normalized spacial score (nSPS) is 49.6. The number of rotatable bonds is 8. The summed E-state index contributed by atoms with van der Waals surface area (Å²) in [7, 11) is 4.75. The Bertz CT molecular complexity index is 1160. The standard InChI is InChI=1S/C37H67NO13/c1-14-25-37(10,44)30(41)20(4)27(39)18(2)16-36(9,46-13)32(51-34-28(40)24(38-11)15-19(3)47-34)21(5)29(22(6)33(43)49-25)50-26-17-35(8,45-12)31(42)23(7)48-26/h18-26,28-32,34,38,40-42,44H,14-17H2,1-13H3/t18-,19+,20+,21-,22+,23-,24?,25+,26+,28-,29-,30-,31+,32-,34-,35?,36?,37?/m0/s1. The van der Waals surface area contributed by atoms with Crippen LogP contribution in [0.1, 0.15) is 94.9 Å². The number of methoxy groups -OCH3 is 2. The van der Waals surface area contributed by atoms with Crippen LogP contribution in [-0.4, -0.2) is 138 Å². The lowest BCUT2D eigenvalue weighted by Crippen LogP contribution is -2.61. The number of ether oxygens (including phenoxy) is 7. The predicted molar refractivity (Wildman–Crippen MR) is 186 cm³/mol. The summed E-state index contributed by atoms with van der Waals surface area (Å²) < 4.78 is 43.7. The Morgan fingerprint density at radius 3 is 2.02 bits per heavy atom. The fourth-order valence-electron chi connectivity index (χ4n) is 8.38. The molecule has 18 atom stereocenters. The Kier molecular flexibility index (Phi) is 15.1. The van der Waals surface area contributed by atoms with Crippen molar-refractivity contribution in [2.45, 2.75) is 179 Å². The molecule has 4 unspecified atom stereocenters. The SMILES string of the molecule is CC[C@H]1OC(=O)[C@H](C)[C@@H](O[C@@H]2CC(C)(OC)[C@H](O)[C@H](C)O2)[C@H](C)[C@H](O[C@@H]2O[C@H](C)CC(NC)[C@@H]2O)C(C)(OC)C[C@H](C)C(=O)[C@@H](C)[C@H](O)C1(C)O. The van der Waals surface area contributed by atoms with Gasteiger partial charge in [0.1, 0.15) is 29.7 Å². The molecule has 298 valence electrons. The molecular weight excluding hydrogens is 666 g/mol. The summed E-state index contributed by atoms with van der Waals surface area (Å²) in [5.41, 5.74) is -4.24. The molecule has 3 rings (SSSR count). The third-order valence-corrected chi connectivity index (χ3v) is 12.0. The van der Waals surface area contributed by atoms with E-state index in [0.29, 0.717) is 6.42 Å². The largest absolute Gasteiger partial charge is 0.459 e. The molecule has 0 amide bonds. The second-order valence-electron chi connectivity index (χ2n) is 16.0. The minimum absolute atomic E-state index is 0.109. The number of likely N-dealkylation sites (N-methyl/N-ethyl adjacent to an activating group) is 1. The van der Waals surface area contributed by atoms with Gasteiger partial charge < -0.3 is 58.9 Å². The number of cyclic esters (lactones) is 1. The maximum atomic E-state index is 14.1. The molecule has 51 heavy (non-hydrogen) atoms. The number of hydrogen-bond acceptors (Lipinski definition) is 14. The molecule has 0 spiro atoms. The van der Waals surface area contributed by atoms with Crippen molar-refractivity contribution in [3.05, 3.63) is 0 Å². The molecule has 0 saturated carbocycles. The zero-order chi connectivity index (χ0) is 38.8. The van der Waals surface area contributed by atoms with Gasteiger partial charge in [-0.1, -0.05) is 27.7 Å². The zero-order valence-corrected chi connectivity index (χ0v) is 33.0. The molecule has 0 aliphatic carbocycles. The predicted octanol–water partition coefficient (Wildman–Crippen LogP) is 2.10. The summed E-state index contributed by atoms with van der Waals surface area (Å²) in [6.07, 6.45) is -8.78. The molecule has 14 heteroatoms. The third kappa shape index (κ3) is 9.33. The van der Waals surface area contributed by atoms with E-state index in [1.165, 1.54) is 21.1 Å². The maximum absolute atomic E-state index is 14.1. The van der Waals surface area contributed by atoms with E-state index in [1.54, 1.807) is 55.5 Å². The van der Waals surface area contributed by atoms with Gasteiger partial charge in [-0.05, 0) is 67.9 Å². The molecular formula is C37H67NO13. The topological polar surface area (TPSA) is 192 Å². The molecule has 3 heterocycles. The highest BCUT2D eigenvalue weighted by atomic mass is 16.7. The van der Waals surface area contributed by atoms with Crippen LogP contribution in [0.3, 0.4) is 0 Å². The number of Topliss-reactive ketones (excluding diaryl/α,β-unsaturated/α-hetero) is 1. The van der Waals surface area contributed by atoms with Gasteiger partial charge in [0, 0.05) is 44.4 Å². The molecule has 3 fully saturated rings. The van der Waals surface area contributed by atoms with Crippen molar-refractivity contribution in [3.8, 4) is 0 Å². The summed E-state index contributed by atoms with van der Waals surface area (Å²) in [6, 6.07) is -0.334. The lowest BCUT2D eigenvalue weighted by molar-refractivity contribution is -0.317. The van der Waals surface area contributed by atoms with Crippen molar-refractivity contribution in [2.75, 3.05) is 21.3 Å². The molecule has 3 saturated heterocycles. The Morgan fingerprint density at radius 2 is 1.47 bits per heavy atom. The molecule has 0 bridgehead atoms. The number of ketones is 1. The van der Waals surface area contributed by atoms with Crippen molar-refractivity contribution >= 4 is 11.8 Å². The molecule has 5 N–H and O–H groups in total. The van der Waals surface area contributed by atoms with Crippen LogP contribution in [0, 0.1) is 23.7 Å². The van der Waals surface area contributed by atoms with Gasteiger partial charge in [0.05, 0.1) is 47.6 Å². The lowest BCUT2D eigenvalue weighted by atomic mass is 9.74. The zero-order valence-electron chi connectivity index (χ0n) is 33.0. The van der Waals surface area contributed by atoms with E-state index < -0.39 is 102 Å². The minimum atomic E-state index is -1.96. The van der Waals surface area contributed by atoms with E-state index in [9.17, 15) is 30.0 Å².